The van der Waals surface area contributed by atoms with Crippen molar-refractivity contribution in [2.45, 2.75) is 40.0 Å². The second kappa shape index (κ2) is 8.29. The van der Waals surface area contributed by atoms with Crippen LogP contribution in [0.3, 0.4) is 0 Å². The molecule has 0 radical (unpaired) electrons. The van der Waals surface area contributed by atoms with Crippen molar-refractivity contribution in [1.29, 1.82) is 0 Å². The fourth-order valence-corrected chi connectivity index (χ4v) is 2.35. The first-order chi connectivity index (χ1) is 11.1. The second-order valence-electron chi connectivity index (χ2n) is 5.65. The molecule has 0 aromatic heterocycles. The second-order valence-corrected chi connectivity index (χ2v) is 5.65. The number of hydrogen-bond acceptors (Lipinski definition) is 1. The maximum absolute atomic E-state index is 12.9. The molecule has 0 aliphatic heterocycles. The van der Waals surface area contributed by atoms with Crippen molar-refractivity contribution in [1.82, 2.24) is 0 Å². The van der Waals surface area contributed by atoms with E-state index in [1.165, 1.54) is 28.8 Å². The van der Waals surface area contributed by atoms with Gasteiger partial charge in [-0.2, -0.15) is 0 Å². The Bertz CT molecular complexity index is 746. The lowest BCUT2D eigenvalue weighted by Gasteiger charge is -2.10. The average molecular weight is 307 g/mol. The van der Waals surface area contributed by atoms with E-state index in [0.717, 1.165) is 30.5 Å². The molecule has 2 aromatic carbocycles. The Kier molecular flexibility index (Phi) is 6.11. The lowest BCUT2D eigenvalue weighted by atomic mass is 9.97. The molecule has 0 aliphatic rings. The number of rotatable bonds is 4. The SMILES string of the molecule is CCCCC(=NC#Cc1ccc(F)cc1)c1cccc(C)c1C. The van der Waals surface area contributed by atoms with Crippen molar-refractivity contribution < 1.29 is 4.39 Å². The van der Waals surface area contributed by atoms with Gasteiger partial charge >= 0.3 is 0 Å². The highest BCUT2D eigenvalue weighted by molar-refractivity contribution is 6.02. The Labute approximate surface area is 138 Å². The van der Waals surface area contributed by atoms with Gasteiger partial charge in [0, 0.05) is 11.6 Å². The quantitative estimate of drug-likeness (QED) is 0.527. The molecule has 0 saturated carbocycles. The molecule has 0 aliphatic carbocycles. The number of hydrogen-bond donors (Lipinski definition) is 0. The molecule has 2 rings (SSSR count). The van der Waals surface area contributed by atoms with Crippen LogP contribution >= 0.6 is 0 Å². The summed E-state index contributed by atoms with van der Waals surface area (Å²) in [6.45, 7) is 6.41. The summed E-state index contributed by atoms with van der Waals surface area (Å²) in [6, 6.07) is 15.3. The molecule has 1 nitrogen and oxygen atoms in total. The molecule has 0 bridgehead atoms. The van der Waals surface area contributed by atoms with Crippen LogP contribution in [0, 0.1) is 31.6 Å². The Balaban J connectivity index is 2.31. The summed E-state index contributed by atoms with van der Waals surface area (Å²) in [5.74, 6) is 2.73. The Morgan fingerprint density at radius 3 is 2.52 bits per heavy atom. The number of aliphatic imine (C=N–C) groups is 1. The summed E-state index contributed by atoms with van der Waals surface area (Å²) in [5.41, 5.74) is 5.49. The number of aryl methyl sites for hydroxylation is 1. The van der Waals surface area contributed by atoms with Crippen LogP contribution in [0.5, 0.6) is 0 Å². The topological polar surface area (TPSA) is 12.4 Å². The summed E-state index contributed by atoms with van der Waals surface area (Å²) in [7, 11) is 0. The minimum Gasteiger partial charge on any atom is -0.207 e. The van der Waals surface area contributed by atoms with Crippen molar-refractivity contribution in [3.63, 3.8) is 0 Å². The summed E-state index contributed by atoms with van der Waals surface area (Å²) in [6.07, 6.45) is 3.12. The van der Waals surface area contributed by atoms with Crippen LogP contribution in [-0.2, 0) is 0 Å². The molecule has 2 aromatic rings. The van der Waals surface area contributed by atoms with Gasteiger partial charge in [0.2, 0.25) is 0 Å². The number of nitrogens with zero attached hydrogens (tertiary/aromatic N) is 1. The molecule has 0 N–H and O–H groups in total. The van der Waals surface area contributed by atoms with E-state index in [2.05, 4.69) is 55.9 Å². The van der Waals surface area contributed by atoms with E-state index in [9.17, 15) is 4.39 Å². The Morgan fingerprint density at radius 1 is 1.09 bits per heavy atom. The van der Waals surface area contributed by atoms with Crippen LogP contribution in [0.4, 0.5) is 4.39 Å². The van der Waals surface area contributed by atoms with Crippen LogP contribution in [0.25, 0.3) is 0 Å². The molecule has 0 heterocycles. The lowest BCUT2D eigenvalue weighted by molar-refractivity contribution is 0.627. The van der Waals surface area contributed by atoms with E-state index in [0.29, 0.717) is 0 Å². The van der Waals surface area contributed by atoms with Crippen molar-refractivity contribution >= 4 is 5.71 Å². The molecule has 0 atom stereocenters. The molecule has 0 unspecified atom stereocenters. The molecule has 0 saturated heterocycles. The van der Waals surface area contributed by atoms with E-state index in [1.54, 1.807) is 12.1 Å². The highest BCUT2D eigenvalue weighted by atomic mass is 19.1. The standard InChI is InChI=1S/C21H22FN/c1-4-5-9-21(20-8-6-7-16(2)17(20)3)23-15-14-18-10-12-19(22)13-11-18/h6-8,10-13H,4-5,9H2,1-3H3. The zero-order valence-electron chi connectivity index (χ0n) is 14.0. The summed E-state index contributed by atoms with van der Waals surface area (Å²) >= 11 is 0. The fourth-order valence-electron chi connectivity index (χ4n) is 2.35. The highest BCUT2D eigenvalue weighted by Gasteiger charge is 2.07. The zero-order valence-corrected chi connectivity index (χ0v) is 14.0. The monoisotopic (exact) mass is 307 g/mol. The van der Waals surface area contributed by atoms with Crippen LogP contribution in [0.15, 0.2) is 47.5 Å². The lowest BCUT2D eigenvalue weighted by Crippen LogP contribution is -2.04. The first kappa shape index (κ1) is 17.0. The summed E-state index contributed by atoms with van der Waals surface area (Å²) in [5, 5.41) is 0. The third-order valence-corrected chi connectivity index (χ3v) is 3.92. The van der Waals surface area contributed by atoms with E-state index in [4.69, 9.17) is 0 Å². The molecular weight excluding hydrogens is 285 g/mol. The van der Waals surface area contributed by atoms with Crippen LogP contribution in [-0.4, -0.2) is 5.71 Å². The normalized spacial score (nSPS) is 11.0. The van der Waals surface area contributed by atoms with Gasteiger partial charge in [-0.15, -0.1) is 0 Å². The largest absolute Gasteiger partial charge is 0.207 e. The van der Waals surface area contributed by atoms with Gasteiger partial charge in [-0.05, 0) is 73.6 Å². The van der Waals surface area contributed by atoms with Crippen molar-refractivity contribution in [3.05, 3.63) is 70.5 Å². The first-order valence-corrected chi connectivity index (χ1v) is 8.01. The van der Waals surface area contributed by atoms with E-state index in [-0.39, 0.29) is 5.82 Å². The maximum Gasteiger partial charge on any atom is 0.123 e. The van der Waals surface area contributed by atoms with Crippen LogP contribution in [0.2, 0.25) is 0 Å². The number of unbranched alkanes of at least 4 members (excludes halogenated alkanes) is 1. The summed E-state index contributed by atoms with van der Waals surface area (Å²) in [4.78, 5) is 4.51. The van der Waals surface area contributed by atoms with Gasteiger partial charge < -0.3 is 0 Å². The minimum atomic E-state index is -0.252. The molecule has 0 amide bonds. The minimum absolute atomic E-state index is 0.252. The van der Waals surface area contributed by atoms with E-state index < -0.39 is 0 Å². The average Bonchev–Trinajstić information content (AvgIpc) is 2.55. The number of halogens is 1. The molecule has 0 fully saturated rings. The van der Waals surface area contributed by atoms with Crippen LogP contribution in [0.1, 0.15) is 48.4 Å². The van der Waals surface area contributed by atoms with Crippen LogP contribution < -0.4 is 0 Å². The Morgan fingerprint density at radius 2 is 1.83 bits per heavy atom. The predicted octanol–water partition coefficient (Wildman–Crippen LogP) is 5.43. The Hall–Kier alpha value is -2.40. The van der Waals surface area contributed by atoms with Crippen molar-refractivity contribution in [2.24, 2.45) is 4.99 Å². The van der Waals surface area contributed by atoms with Gasteiger partial charge in [-0.3, -0.25) is 0 Å². The fraction of sp³-hybridized carbons (Fsp3) is 0.286. The third kappa shape index (κ3) is 4.79. The molecule has 118 valence electrons. The number of benzene rings is 2. The van der Waals surface area contributed by atoms with Gasteiger partial charge in [0.05, 0.1) is 5.71 Å². The molecule has 0 spiro atoms. The third-order valence-electron chi connectivity index (χ3n) is 3.92. The van der Waals surface area contributed by atoms with E-state index in [1.807, 2.05) is 0 Å². The van der Waals surface area contributed by atoms with Gasteiger partial charge in [-0.1, -0.05) is 31.5 Å². The van der Waals surface area contributed by atoms with Gasteiger partial charge in [0.1, 0.15) is 5.82 Å². The molecule has 23 heavy (non-hydrogen) atoms. The highest BCUT2D eigenvalue weighted by Crippen LogP contribution is 2.16. The van der Waals surface area contributed by atoms with Gasteiger partial charge in [-0.25, -0.2) is 9.38 Å². The predicted molar refractivity (Wildman–Crippen MR) is 95.3 cm³/mol. The smallest absolute Gasteiger partial charge is 0.123 e. The zero-order chi connectivity index (χ0) is 16.7. The molecule has 2 heteroatoms. The van der Waals surface area contributed by atoms with Crippen molar-refractivity contribution in [3.8, 4) is 12.0 Å². The molecular formula is C21H22FN. The maximum atomic E-state index is 12.9. The van der Waals surface area contributed by atoms with Gasteiger partial charge in [0.15, 0.2) is 0 Å². The van der Waals surface area contributed by atoms with Crippen molar-refractivity contribution in [2.75, 3.05) is 0 Å². The van der Waals surface area contributed by atoms with Gasteiger partial charge in [0.25, 0.3) is 0 Å². The van der Waals surface area contributed by atoms with E-state index >= 15 is 0 Å². The first-order valence-electron chi connectivity index (χ1n) is 8.01. The summed E-state index contributed by atoms with van der Waals surface area (Å²) < 4.78 is 12.9.